The number of halogens is 2. The molecule has 0 N–H and O–H groups in total. The van der Waals surface area contributed by atoms with Gasteiger partial charge in [0.25, 0.3) is 5.91 Å². The first kappa shape index (κ1) is 13.6. The van der Waals surface area contributed by atoms with Crippen molar-refractivity contribution < 1.29 is 4.79 Å². The van der Waals surface area contributed by atoms with Crippen LogP contribution >= 0.6 is 23.2 Å². The van der Waals surface area contributed by atoms with Gasteiger partial charge in [-0.05, 0) is 31.7 Å². The summed E-state index contributed by atoms with van der Waals surface area (Å²) < 4.78 is 0. The van der Waals surface area contributed by atoms with Crippen LogP contribution in [0.5, 0.6) is 0 Å². The monoisotopic (exact) mass is 286 g/mol. The van der Waals surface area contributed by atoms with Crippen LogP contribution in [0.15, 0.2) is 18.5 Å². The average molecular weight is 287 g/mol. The number of pyridine rings is 1. The maximum Gasteiger partial charge on any atom is 0.255 e. The zero-order chi connectivity index (χ0) is 13.0. The summed E-state index contributed by atoms with van der Waals surface area (Å²) >= 11 is 11.7. The highest BCUT2D eigenvalue weighted by atomic mass is 35.5. The topological polar surface area (TPSA) is 33.2 Å². The van der Waals surface area contributed by atoms with E-state index in [4.69, 9.17) is 23.2 Å². The van der Waals surface area contributed by atoms with Crippen molar-refractivity contribution in [2.75, 3.05) is 12.4 Å². The van der Waals surface area contributed by atoms with E-state index in [-0.39, 0.29) is 5.91 Å². The number of nitrogens with zero attached hydrogens (tertiary/aromatic N) is 2. The standard InChI is InChI=1S/C13H16Cl2N2O/c14-6-1-3-10-4-2-8-17(10)13(18)11-5-7-16-9-12(11)15/h5,7,9-10H,1-4,6,8H2. The van der Waals surface area contributed by atoms with Crippen LogP contribution in [0.25, 0.3) is 0 Å². The number of carbonyl (C=O) groups excluding carboxylic acids is 1. The van der Waals surface area contributed by atoms with Crippen LogP contribution in [0.1, 0.15) is 36.0 Å². The van der Waals surface area contributed by atoms with Gasteiger partial charge in [-0.3, -0.25) is 9.78 Å². The molecule has 5 heteroatoms. The number of amides is 1. The lowest BCUT2D eigenvalue weighted by molar-refractivity contribution is 0.0730. The summed E-state index contributed by atoms with van der Waals surface area (Å²) in [4.78, 5) is 18.2. The smallest absolute Gasteiger partial charge is 0.255 e. The van der Waals surface area contributed by atoms with Crippen LogP contribution < -0.4 is 0 Å². The molecule has 3 nitrogen and oxygen atoms in total. The molecule has 1 unspecified atom stereocenters. The Morgan fingerprint density at radius 3 is 3.11 bits per heavy atom. The molecule has 0 aromatic carbocycles. The van der Waals surface area contributed by atoms with Gasteiger partial charge in [0.2, 0.25) is 0 Å². The van der Waals surface area contributed by atoms with Crippen molar-refractivity contribution in [1.82, 2.24) is 9.88 Å². The van der Waals surface area contributed by atoms with E-state index in [9.17, 15) is 4.79 Å². The predicted molar refractivity (Wildman–Crippen MR) is 73.3 cm³/mol. The van der Waals surface area contributed by atoms with Crippen LogP contribution in [0.4, 0.5) is 0 Å². The summed E-state index contributed by atoms with van der Waals surface area (Å²) in [5.41, 5.74) is 0.546. The molecule has 0 bridgehead atoms. The molecule has 1 saturated heterocycles. The van der Waals surface area contributed by atoms with E-state index in [0.29, 0.717) is 22.5 Å². The Morgan fingerprint density at radius 1 is 1.56 bits per heavy atom. The third-order valence-corrected chi connectivity index (χ3v) is 3.88. The van der Waals surface area contributed by atoms with Crippen molar-refractivity contribution in [1.29, 1.82) is 0 Å². The summed E-state index contributed by atoms with van der Waals surface area (Å²) in [6, 6.07) is 1.99. The van der Waals surface area contributed by atoms with Crippen LogP contribution in [-0.4, -0.2) is 34.3 Å². The van der Waals surface area contributed by atoms with Gasteiger partial charge in [0.1, 0.15) is 0 Å². The summed E-state index contributed by atoms with van der Waals surface area (Å²) in [7, 11) is 0. The number of hydrogen-bond acceptors (Lipinski definition) is 2. The highest BCUT2D eigenvalue weighted by molar-refractivity contribution is 6.33. The Kier molecular flexibility index (Phi) is 4.84. The summed E-state index contributed by atoms with van der Waals surface area (Å²) in [5, 5.41) is 0.422. The number of carbonyl (C=O) groups is 1. The van der Waals surface area contributed by atoms with Gasteiger partial charge in [-0.2, -0.15) is 0 Å². The van der Waals surface area contributed by atoms with Gasteiger partial charge in [0.05, 0.1) is 10.6 Å². The summed E-state index contributed by atoms with van der Waals surface area (Å²) in [5.74, 6) is 0.661. The molecular formula is C13H16Cl2N2O. The van der Waals surface area contributed by atoms with Gasteiger partial charge in [-0.15, -0.1) is 11.6 Å². The molecule has 1 aliphatic rings. The number of likely N-dealkylation sites (tertiary alicyclic amines) is 1. The van der Waals surface area contributed by atoms with E-state index in [0.717, 1.165) is 32.2 Å². The van der Waals surface area contributed by atoms with E-state index in [1.54, 1.807) is 12.3 Å². The van der Waals surface area contributed by atoms with E-state index < -0.39 is 0 Å². The van der Waals surface area contributed by atoms with E-state index >= 15 is 0 Å². The van der Waals surface area contributed by atoms with Gasteiger partial charge in [-0.1, -0.05) is 11.6 Å². The normalized spacial score (nSPS) is 19.2. The van der Waals surface area contributed by atoms with Crippen molar-refractivity contribution in [2.45, 2.75) is 31.7 Å². The molecule has 0 spiro atoms. The molecule has 1 aromatic heterocycles. The molecule has 1 aromatic rings. The lowest BCUT2D eigenvalue weighted by Crippen LogP contribution is -2.35. The van der Waals surface area contributed by atoms with Crippen LogP contribution in [0.3, 0.4) is 0 Å². The molecule has 1 amide bonds. The fourth-order valence-corrected chi connectivity index (χ4v) is 2.77. The molecule has 0 radical (unpaired) electrons. The van der Waals surface area contributed by atoms with Gasteiger partial charge in [0, 0.05) is 30.9 Å². The zero-order valence-corrected chi connectivity index (χ0v) is 11.6. The number of alkyl halides is 1. The highest BCUT2D eigenvalue weighted by Crippen LogP contribution is 2.25. The summed E-state index contributed by atoms with van der Waals surface area (Å²) in [6.45, 7) is 0.810. The Bertz CT molecular complexity index is 425. The van der Waals surface area contributed by atoms with E-state index in [2.05, 4.69) is 4.98 Å². The molecule has 1 fully saturated rings. The minimum Gasteiger partial charge on any atom is -0.336 e. The minimum atomic E-state index is 0.0134. The van der Waals surface area contributed by atoms with Crippen LogP contribution in [0.2, 0.25) is 5.02 Å². The van der Waals surface area contributed by atoms with E-state index in [1.807, 2.05) is 4.90 Å². The molecule has 0 saturated carbocycles. The second-order valence-corrected chi connectivity index (χ2v) is 5.27. The number of aromatic nitrogens is 1. The molecular weight excluding hydrogens is 271 g/mol. The quantitative estimate of drug-likeness (QED) is 0.796. The SMILES string of the molecule is O=C(c1ccncc1Cl)N1CCCC1CCCCl. The maximum absolute atomic E-state index is 12.4. The average Bonchev–Trinajstić information content (AvgIpc) is 2.84. The first-order valence-corrected chi connectivity index (χ1v) is 7.11. The fourth-order valence-electron chi connectivity index (χ4n) is 2.42. The van der Waals surface area contributed by atoms with Crippen molar-refractivity contribution >= 4 is 29.1 Å². The second kappa shape index (κ2) is 6.39. The Balaban J connectivity index is 2.10. The molecule has 1 atom stereocenters. The largest absolute Gasteiger partial charge is 0.336 e. The molecule has 18 heavy (non-hydrogen) atoms. The first-order valence-electron chi connectivity index (χ1n) is 6.20. The Hall–Kier alpha value is -0.800. The fraction of sp³-hybridized carbons (Fsp3) is 0.538. The van der Waals surface area contributed by atoms with Crippen molar-refractivity contribution in [3.63, 3.8) is 0 Å². The summed E-state index contributed by atoms with van der Waals surface area (Å²) in [6.07, 6.45) is 7.15. The Morgan fingerprint density at radius 2 is 2.39 bits per heavy atom. The molecule has 98 valence electrons. The zero-order valence-electron chi connectivity index (χ0n) is 10.1. The number of rotatable bonds is 4. The first-order chi connectivity index (χ1) is 8.74. The van der Waals surface area contributed by atoms with Gasteiger partial charge in [0.15, 0.2) is 0 Å². The second-order valence-electron chi connectivity index (χ2n) is 4.48. The molecule has 2 rings (SSSR count). The van der Waals surface area contributed by atoms with Gasteiger partial charge >= 0.3 is 0 Å². The predicted octanol–water partition coefficient (Wildman–Crippen LogP) is 3.36. The third kappa shape index (κ3) is 2.96. The van der Waals surface area contributed by atoms with E-state index in [1.165, 1.54) is 6.20 Å². The van der Waals surface area contributed by atoms with Crippen LogP contribution in [-0.2, 0) is 0 Å². The molecule has 1 aliphatic heterocycles. The lowest BCUT2D eigenvalue weighted by Gasteiger charge is -2.25. The maximum atomic E-state index is 12.4. The molecule has 2 heterocycles. The van der Waals surface area contributed by atoms with Crippen LogP contribution in [0, 0.1) is 0 Å². The third-order valence-electron chi connectivity index (χ3n) is 3.31. The minimum absolute atomic E-state index is 0.0134. The van der Waals surface area contributed by atoms with Crippen molar-refractivity contribution in [3.8, 4) is 0 Å². The lowest BCUT2D eigenvalue weighted by atomic mass is 10.1. The van der Waals surface area contributed by atoms with Gasteiger partial charge in [-0.25, -0.2) is 0 Å². The van der Waals surface area contributed by atoms with Crippen molar-refractivity contribution in [2.24, 2.45) is 0 Å². The number of hydrogen-bond donors (Lipinski definition) is 0. The highest BCUT2D eigenvalue weighted by Gasteiger charge is 2.29. The van der Waals surface area contributed by atoms with Gasteiger partial charge < -0.3 is 4.90 Å². The van der Waals surface area contributed by atoms with Crippen molar-refractivity contribution in [3.05, 3.63) is 29.0 Å². The Labute approximate surface area is 117 Å². The molecule has 0 aliphatic carbocycles.